The summed E-state index contributed by atoms with van der Waals surface area (Å²) in [6.07, 6.45) is 1.32. The minimum absolute atomic E-state index is 0.127. The fourth-order valence-corrected chi connectivity index (χ4v) is 4.19. The highest BCUT2D eigenvalue weighted by Crippen LogP contribution is 2.34. The summed E-state index contributed by atoms with van der Waals surface area (Å²) in [5, 5.41) is 5.58. The molecule has 1 aromatic carbocycles. The third-order valence-corrected chi connectivity index (χ3v) is 5.89. The Morgan fingerprint density at radius 2 is 1.79 bits per heavy atom. The molecule has 0 unspecified atom stereocenters. The lowest BCUT2D eigenvalue weighted by molar-refractivity contribution is -0.149. The molecule has 1 fully saturated rings. The first-order valence-corrected chi connectivity index (χ1v) is 10.9. The lowest BCUT2D eigenvalue weighted by Crippen LogP contribution is -2.49. The number of nitrogens with zero attached hydrogens (tertiary/aromatic N) is 1. The van der Waals surface area contributed by atoms with Crippen molar-refractivity contribution < 1.29 is 33.3 Å². The number of hydrogen-bond acceptors (Lipinski definition) is 8. The number of carbonyl (C=O) groups is 3. The van der Waals surface area contributed by atoms with E-state index in [1.165, 1.54) is 21.3 Å². The van der Waals surface area contributed by atoms with Crippen LogP contribution in [0.2, 0.25) is 0 Å². The Morgan fingerprint density at radius 1 is 1.09 bits per heavy atom. The van der Waals surface area contributed by atoms with E-state index in [2.05, 4.69) is 15.5 Å². The predicted octanol–water partition coefficient (Wildman–Crippen LogP) is 1.76. The number of urea groups is 1. The highest BCUT2D eigenvalue weighted by molar-refractivity contribution is 5.95. The zero-order chi connectivity index (χ0) is 24.0. The Bertz CT molecular complexity index is 923. The molecule has 0 aromatic heterocycles. The molecule has 10 nitrogen and oxygen atoms in total. The topological polar surface area (TPSA) is 115 Å². The standard InChI is InChI=1S/C23H31N3O7/c1-5-33-21(27)14-8-10-26(11-9-14)13-16-19(22(28)32-4)20(25-23(29)24-16)15-6-7-17(30-2)18(12-15)31-3/h6-7,12,14,20H,5,8-11,13H2,1-4H3,(H2,24,25,29)/t20-/m0/s1. The quantitative estimate of drug-likeness (QED) is 0.563. The summed E-state index contributed by atoms with van der Waals surface area (Å²) in [6.45, 7) is 3.79. The first-order chi connectivity index (χ1) is 15.9. The smallest absolute Gasteiger partial charge is 0.338 e. The van der Waals surface area contributed by atoms with E-state index in [1.54, 1.807) is 25.1 Å². The lowest BCUT2D eigenvalue weighted by atomic mass is 9.93. The van der Waals surface area contributed by atoms with Gasteiger partial charge in [-0.2, -0.15) is 0 Å². The highest BCUT2D eigenvalue weighted by atomic mass is 16.5. The Balaban J connectivity index is 1.87. The SMILES string of the molecule is CCOC(=O)C1CCN(CC2=C(C(=O)OC)[C@H](c3ccc(OC)c(OC)c3)NC(=O)N2)CC1. The number of rotatable bonds is 8. The van der Waals surface area contributed by atoms with E-state index in [9.17, 15) is 14.4 Å². The summed E-state index contributed by atoms with van der Waals surface area (Å²) in [5.74, 6) is 0.177. The second kappa shape index (κ2) is 11.0. The molecule has 1 saturated heterocycles. The molecule has 180 valence electrons. The van der Waals surface area contributed by atoms with E-state index in [-0.39, 0.29) is 11.9 Å². The van der Waals surface area contributed by atoms with Gasteiger partial charge in [-0.05, 0) is 50.6 Å². The molecule has 0 aliphatic carbocycles. The summed E-state index contributed by atoms with van der Waals surface area (Å²) in [5.41, 5.74) is 1.44. The number of hydrogen-bond donors (Lipinski definition) is 2. The number of ether oxygens (including phenoxy) is 4. The van der Waals surface area contributed by atoms with Crippen molar-refractivity contribution in [2.24, 2.45) is 5.92 Å². The van der Waals surface area contributed by atoms with Crippen molar-refractivity contribution in [2.45, 2.75) is 25.8 Å². The first kappa shape index (κ1) is 24.4. The van der Waals surface area contributed by atoms with Crippen molar-refractivity contribution in [3.63, 3.8) is 0 Å². The van der Waals surface area contributed by atoms with E-state index >= 15 is 0 Å². The maximum Gasteiger partial charge on any atom is 0.338 e. The van der Waals surface area contributed by atoms with Crippen LogP contribution in [-0.4, -0.2) is 70.4 Å². The van der Waals surface area contributed by atoms with Gasteiger partial charge in [0.15, 0.2) is 11.5 Å². The summed E-state index contributed by atoms with van der Waals surface area (Å²) in [6, 6.07) is 4.07. The van der Waals surface area contributed by atoms with Crippen molar-refractivity contribution in [1.29, 1.82) is 0 Å². The van der Waals surface area contributed by atoms with E-state index in [4.69, 9.17) is 18.9 Å². The van der Waals surface area contributed by atoms with Gasteiger partial charge in [-0.3, -0.25) is 9.69 Å². The fourth-order valence-electron chi connectivity index (χ4n) is 4.19. The van der Waals surface area contributed by atoms with Crippen molar-refractivity contribution >= 4 is 18.0 Å². The van der Waals surface area contributed by atoms with Crippen LogP contribution in [0.15, 0.2) is 29.5 Å². The van der Waals surface area contributed by atoms with Crippen molar-refractivity contribution in [2.75, 3.05) is 47.6 Å². The van der Waals surface area contributed by atoms with Gasteiger partial charge in [0.05, 0.1) is 45.5 Å². The molecule has 0 saturated carbocycles. The monoisotopic (exact) mass is 461 g/mol. The molecule has 33 heavy (non-hydrogen) atoms. The zero-order valence-corrected chi connectivity index (χ0v) is 19.4. The third kappa shape index (κ3) is 5.57. The molecule has 10 heteroatoms. The van der Waals surface area contributed by atoms with E-state index < -0.39 is 18.0 Å². The molecular weight excluding hydrogens is 430 g/mol. The van der Waals surface area contributed by atoms with Gasteiger partial charge in [0.1, 0.15) is 0 Å². The largest absolute Gasteiger partial charge is 0.493 e. The maximum absolute atomic E-state index is 12.8. The Labute approximate surface area is 193 Å². The van der Waals surface area contributed by atoms with Crippen molar-refractivity contribution in [1.82, 2.24) is 15.5 Å². The van der Waals surface area contributed by atoms with Crippen LogP contribution in [0.3, 0.4) is 0 Å². The van der Waals surface area contributed by atoms with Crippen molar-refractivity contribution in [3.8, 4) is 11.5 Å². The number of nitrogens with one attached hydrogen (secondary N) is 2. The molecule has 0 radical (unpaired) electrons. The second-order valence-electron chi connectivity index (χ2n) is 7.83. The second-order valence-corrected chi connectivity index (χ2v) is 7.83. The Hall–Kier alpha value is -3.27. The van der Waals surface area contributed by atoms with Crippen LogP contribution in [0.5, 0.6) is 11.5 Å². The van der Waals surface area contributed by atoms with Crippen LogP contribution >= 0.6 is 0 Å². The van der Waals surface area contributed by atoms with Gasteiger partial charge in [-0.25, -0.2) is 9.59 Å². The molecule has 1 aromatic rings. The van der Waals surface area contributed by atoms with Crippen LogP contribution in [0.25, 0.3) is 0 Å². The van der Waals surface area contributed by atoms with Crippen LogP contribution in [-0.2, 0) is 19.1 Å². The molecule has 2 heterocycles. The minimum atomic E-state index is -0.724. The number of methoxy groups -OCH3 is 3. The first-order valence-electron chi connectivity index (χ1n) is 10.9. The van der Waals surface area contributed by atoms with Gasteiger partial charge in [0.2, 0.25) is 0 Å². The van der Waals surface area contributed by atoms with Gasteiger partial charge in [-0.1, -0.05) is 6.07 Å². The number of likely N-dealkylation sites (tertiary alicyclic amines) is 1. The predicted molar refractivity (Wildman–Crippen MR) is 119 cm³/mol. The molecule has 0 spiro atoms. The molecule has 3 rings (SSSR count). The molecular formula is C23H31N3O7. The summed E-state index contributed by atoms with van der Waals surface area (Å²) in [4.78, 5) is 39.4. The zero-order valence-electron chi connectivity index (χ0n) is 19.4. The molecule has 2 aliphatic rings. The van der Waals surface area contributed by atoms with Crippen LogP contribution in [0.4, 0.5) is 4.79 Å². The van der Waals surface area contributed by atoms with Gasteiger partial charge in [0.25, 0.3) is 0 Å². The molecule has 1 atom stereocenters. The Morgan fingerprint density at radius 3 is 2.39 bits per heavy atom. The summed E-state index contributed by atoms with van der Waals surface area (Å²) in [7, 11) is 4.36. The molecule has 2 N–H and O–H groups in total. The van der Waals surface area contributed by atoms with Crippen LogP contribution in [0.1, 0.15) is 31.4 Å². The number of amides is 2. The average molecular weight is 462 g/mol. The maximum atomic E-state index is 12.8. The number of piperidine rings is 1. The number of benzene rings is 1. The number of carbonyl (C=O) groups excluding carboxylic acids is 3. The highest BCUT2D eigenvalue weighted by Gasteiger charge is 2.35. The fraction of sp³-hybridized carbons (Fsp3) is 0.522. The van der Waals surface area contributed by atoms with E-state index in [0.29, 0.717) is 67.4 Å². The van der Waals surface area contributed by atoms with Gasteiger partial charge < -0.3 is 29.6 Å². The summed E-state index contributed by atoms with van der Waals surface area (Å²) >= 11 is 0. The van der Waals surface area contributed by atoms with E-state index in [0.717, 1.165) is 0 Å². The average Bonchev–Trinajstić information content (AvgIpc) is 2.83. The van der Waals surface area contributed by atoms with Crippen molar-refractivity contribution in [3.05, 3.63) is 35.0 Å². The lowest BCUT2D eigenvalue weighted by Gasteiger charge is -2.35. The minimum Gasteiger partial charge on any atom is -0.493 e. The van der Waals surface area contributed by atoms with Crippen LogP contribution in [0, 0.1) is 5.92 Å². The van der Waals surface area contributed by atoms with Gasteiger partial charge in [0, 0.05) is 12.2 Å². The molecule has 2 aliphatic heterocycles. The van der Waals surface area contributed by atoms with Crippen LogP contribution < -0.4 is 20.1 Å². The summed E-state index contributed by atoms with van der Waals surface area (Å²) < 4.78 is 20.8. The molecule has 0 bridgehead atoms. The van der Waals surface area contributed by atoms with E-state index in [1.807, 2.05) is 0 Å². The normalized spacial score (nSPS) is 19.4. The van der Waals surface area contributed by atoms with Gasteiger partial charge >= 0.3 is 18.0 Å². The molecule has 2 amide bonds. The number of esters is 2. The third-order valence-electron chi connectivity index (χ3n) is 5.89. The van der Waals surface area contributed by atoms with Gasteiger partial charge in [-0.15, -0.1) is 0 Å². The Kier molecular flexibility index (Phi) is 8.16.